The molecule has 0 atom stereocenters. The Morgan fingerprint density at radius 3 is 2.00 bits per heavy atom. The van der Waals surface area contributed by atoms with Crippen LogP contribution in [0.4, 0.5) is 13.2 Å². The molecule has 0 aromatic rings. The molecule has 1 aliphatic carbocycles. The predicted octanol–water partition coefficient (Wildman–Crippen LogP) is 1.69. The Morgan fingerprint density at radius 1 is 1.18 bits per heavy atom. The van der Waals surface area contributed by atoms with Crippen LogP contribution in [-0.4, -0.2) is 31.2 Å². The topological polar surface area (TPSA) is 41.1 Å². The Balaban J connectivity index is 2.29. The van der Waals surface area contributed by atoms with Crippen molar-refractivity contribution < 1.29 is 18.0 Å². The fourth-order valence-electron chi connectivity index (χ4n) is 2.09. The van der Waals surface area contributed by atoms with Crippen LogP contribution in [-0.2, 0) is 4.79 Å². The fourth-order valence-corrected chi connectivity index (χ4v) is 2.09. The molecule has 0 bridgehead atoms. The summed E-state index contributed by atoms with van der Waals surface area (Å²) < 4.78 is 35.5. The Morgan fingerprint density at radius 2 is 1.65 bits per heavy atom. The number of amides is 1. The molecule has 0 spiro atoms. The maximum absolute atomic E-state index is 11.8. The van der Waals surface area contributed by atoms with Gasteiger partial charge in [0, 0.05) is 6.04 Å². The second-order valence-electron chi connectivity index (χ2n) is 5.66. The molecule has 0 unspecified atom stereocenters. The maximum atomic E-state index is 11.8. The molecule has 0 aromatic carbocycles. The number of rotatable bonds is 4. The van der Waals surface area contributed by atoms with Gasteiger partial charge in [0.2, 0.25) is 5.91 Å². The number of alkyl halides is 3. The van der Waals surface area contributed by atoms with Crippen LogP contribution in [0.2, 0.25) is 0 Å². The van der Waals surface area contributed by atoms with Crippen molar-refractivity contribution >= 4 is 5.91 Å². The lowest BCUT2D eigenvalue weighted by molar-refractivity contribution is -0.128. The standard InChI is InChI=1S/C11H19F3N2O/c1-9(2)8(10(9,3)4)16-7(17)5-15-6-11(12,13)14/h8,15H,5-6H2,1-4H3,(H,16,17). The van der Waals surface area contributed by atoms with Gasteiger partial charge in [0.05, 0.1) is 13.1 Å². The van der Waals surface area contributed by atoms with E-state index in [1.165, 1.54) is 0 Å². The zero-order valence-electron chi connectivity index (χ0n) is 10.5. The molecule has 1 fully saturated rings. The molecule has 0 radical (unpaired) electrons. The highest BCUT2D eigenvalue weighted by molar-refractivity contribution is 5.79. The second kappa shape index (κ2) is 4.15. The minimum atomic E-state index is -4.28. The summed E-state index contributed by atoms with van der Waals surface area (Å²) in [6.07, 6.45) is -4.28. The van der Waals surface area contributed by atoms with E-state index in [1.807, 2.05) is 27.7 Å². The summed E-state index contributed by atoms with van der Waals surface area (Å²) >= 11 is 0. The minimum absolute atomic E-state index is 0.00725. The van der Waals surface area contributed by atoms with Crippen LogP contribution in [0.25, 0.3) is 0 Å². The van der Waals surface area contributed by atoms with E-state index in [9.17, 15) is 18.0 Å². The normalized spacial score (nSPS) is 22.3. The van der Waals surface area contributed by atoms with E-state index < -0.39 is 18.6 Å². The van der Waals surface area contributed by atoms with Gasteiger partial charge in [-0.25, -0.2) is 0 Å². The SMILES string of the molecule is CC1(C)C(NC(=O)CNCC(F)(F)F)C1(C)C. The summed E-state index contributed by atoms with van der Waals surface area (Å²) in [4.78, 5) is 11.4. The number of carbonyl (C=O) groups is 1. The number of hydrogen-bond acceptors (Lipinski definition) is 2. The molecule has 3 nitrogen and oxygen atoms in total. The fraction of sp³-hybridized carbons (Fsp3) is 0.909. The molecular weight excluding hydrogens is 233 g/mol. The van der Waals surface area contributed by atoms with Crippen LogP contribution < -0.4 is 10.6 Å². The monoisotopic (exact) mass is 252 g/mol. The third kappa shape index (κ3) is 3.12. The first-order chi connectivity index (χ1) is 7.48. The van der Waals surface area contributed by atoms with Crippen LogP contribution in [0.5, 0.6) is 0 Å². The zero-order valence-corrected chi connectivity index (χ0v) is 10.5. The van der Waals surface area contributed by atoms with E-state index in [0.717, 1.165) is 0 Å². The molecule has 0 saturated heterocycles. The minimum Gasteiger partial charge on any atom is -0.351 e. The third-order valence-electron chi connectivity index (χ3n) is 3.94. The van der Waals surface area contributed by atoms with Gasteiger partial charge in [0.25, 0.3) is 0 Å². The average Bonchev–Trinajstić information content (AvgIpc) is 2.45. The molecule has 1 saturated carbocycles. The van der Waals surface area contributed by atoms with Crippen molar-refractivity contribution in [1.82, 2.24) is 10.6 Å². The Kier molecular flexibility index (Phi) is 3.49. The molecule has 1 rings (SSSR count). The van der Waals surface area contributed by atoms with Crippen LogP contribution in [0.3, 0.4) is 0 Å². The van der Waals surface area contributed by atoms with Gasteiger partial charge < -0.3 is 10.6 Å². The molecule has 0 heterocycles. The van der Waals surface area contributed by atoms with E-state index in [-0.39, 0.29) is 23.4 Å². The van der Waals surface area contributed by atoms with Crippen LogP contribution in [0, 0.1) is 10.8 Å². The molecule has 0 aliphatic heterocycles. The van der Waals surface area contributed by atoms with Gasteiger partial charge in [-0.1, -0.05) is 27.7 Å². The summed E-state index contributed by atoms with van der Waals surface area (Å²) in [5.41, 5.74) is -0.0145. The average molecular weight is 252 g/mol. The van der Waals surface area contributed by atoms with Gasteiger partial charge in [-0.15, -0.1) is 0 Å². The summed E-state index contributed by atoms with van der Waals surface area (Å²) in [7, 11) is 0. The van der Waals surface area contributed by atoms with Crippen molar-refractivity contribution in [2.45, 2.75) is 39.9 Å². The second-order valence-corrected chi connectivity index (χ2v) is 5.66. The molecule has 17 heavy (non-hydrogen) atoms. The summed E-state index contributed by atoms with van der Waals surface area (Å²) in [6, 6.07) is 0.0233. The molecule has 6 heteroatoms. The lowest BCUT2D eigenvalue weighted by atomic mass is 10.0. The molecule has 100 valence electrons. The predicted molar refractivity (Wildman–Crippen MR) is 58.4 cm³/mol. The number of carbonyl (C=O) groups excluding carboxylic acids is 1. The number of nitrogens with one attached hydrogen (secondary N) is 2. The smallest absolute Gasteiger partial charge is 0.351 e. The van der Waals surface area contributed by atoms with Gasteiger partial charge in [-0.2, -0.15) is 13.2 Å². The molecule has 2 N–H and O–H groups in total. The quantitative estimate of drug-likeness (QED) is 0.799. The van der Waals surface area contributed by atoms with E-state index in [1.54, 1.807) is 0 Å². The highest BCUT2D eigenvalue weighted by atomic mass is 19.4. The van der Waals surface area contributed by atoms with Gasteiger partial charge >= 0.3 is 6.18 Å². The highest BCUT2D eigenvalue weighted by Crippen LogP contribution is 2.62. The largest absolute Gasteiger partial charge is 0.401 e. The molecular formula is C11H19F3N2O. The van der Waals surface area contributed by atoms with Crippen molar-refractivity contribution in [3.8, 4) is 0 Å². The maximum Gasteiger partial charge on any atom is 0.401 e. The first-order valence-electron chi connectivity index (χ1n) is 5.55. The first kappa shape index (κ1) is 14.3. The van der Waals surface area contributed by atoms with E-state index >= 15 is 0 Å². The Labute approximate surface area is 99.1 Å². The van der Waals surface area contributed by atoms with Crippen molar-refractivity contribution in [3.63, 3.8) is 0 Å². The third-order valence-corrected chi connectivity index (χ3v) is 3.94. The zero-order chi connectivity index (χ0) is 13.5. The summed E-state index contributed by atoms with van der Waals surface area (Å²) in [6.45, 7) is 6.67. The van der Waals surface area contributed by atoms with Crippen LogP contribution >= 0.6 is 0 Å². The van der Waals surface area contributed by atoms with Crippen molar-refractivity contribution in [1.29, 1.82) is 0 Å². The lowest BCUT2D eigenvalue weighted by Gasteiger charge is -2.09. The number of halogens is 3. The van der Waals surface area contributed by atoms with Gasteiger partial charge in [-0.3, -0.25) is 4.79 Å². The van der Waals surface area contributed by atoms with Gasteiger partial charge in [-0.05, 0) is 10.8 Å². The summed E-state index contributed by atoms with van der Waals surface area (Å²) in [5.74, 6) is -0.391. The highest BCUT2D eigenvalue weighted by Gasteiger charge is 2.65. The number of hydrogen-bond donors (Lipinski definition) is 2. The van der Waals surface area contributed by atoms with E-state index in [4.69, 9.17) is 0 Å². The van der Waals surface area contributed by atoms with Crippen LogP contribution in [0.1, 0.15) is 27.7 Å². The van der Waals surface area contributed by atoms with Gasteiger partial charge in [0.15, 0.2) is 0 Å². The Hall–Kier alpha value is -0.780. The Bertz CT molecular complexity index is 296. The van der Waals surface area contributed by atoms with Crippen molar-refractivity contribution in [2.24, 2.45) is 10.8 Å². The molecule has 1 amide bonds. The lowest BCUT2D eigenvalue weighted by Crippen LogP contribution is -2.40. The van der Waals surface area contributed by atoms with Crippen molar-refractivity contribution in [2.75, 3.05) is 13.1 Å². The van der Waals surface area contributed by atoms with Crippen LogP contribution in [0.15, 0.2) is 0 Å². The molecule has 1 aliphatic rings. The van der Waals surface area contributed by atoms with Gasteiger partial charge in [0.1, 0.15) is 0 Å². The first-order valence-corrected chi connectivity index (χ1v) is 5.55. The van der Waals surface area contributed by atoms with E-state index in [2.05, 4.69) is 10.6 Å². The van der Waals surface area contributed by atoms with Crippen molar-refractivity contribution in [3.05, 3.63) is 0 Å². The van der Waals surface area contributed by atoms with E-state index in [0.29, 0.717) is 0 Å². The summed E-state index contributed by atoms with van der Waals surface area (Å²) in [5, 5.41) is 4.83. The molecule has 0 aromatic heterocycles.